The van der Waals surface area contributed by atoms with E-state index in [1.54, 1.807) is 140 Å². The van der Waals surface area contributed by atoms with Gasteiger partial charge in [0.25, 0.3) is 35.4 Å². The minimum absolute atomic E-state index is 0.0657. The minimum Gasteiger partial charge on any atom is -0.473 e. The number of hydrogen-bond acceptors (Lipinski definition) is 20. The maximum atomic E-state index is 13.1. The van der Waals surface area contributed by atoms with Crippen molar-refractivity contribution in [1.82, 2.24) is 61.1 Å². The first-order valence-electron chi connectivity index (χ1n) is 45.2. The number of pyridine rings is 8. The summed E-state index contributed by atoms with van der Waals surface area (Å²) >= 11 is 0. The van der Waals surface area contributed by atoms with Crippen molar-refractivity contribution < 1.29 is 66.0 Å². The minimum atomic E-state index is -0.308. The molecule has 8 aromatic heterocycles. The molecule has 0 unspecified atom stereocenters. The Labute approximate surface area is 805 Å². The number of halogens is 2. The SMILES string of the molecule is CC(C)(C)CCNC(=O)c1ccc(OCc2ccncc2)nc1.CC(C)(C)NC(=O)c1ccc(OCc2cccc(F)c2)nc1.Cc1cccc(NC(=O)c2ccc(OCc3cccc(F)c3)nc2)c1.Cc1nc(OCc2ccccc2)ccc1C(=O)NCCC(C)(C)C.O=C(NCC1CC1)c1ccc(OCc2ccccc2)nc1.O=C(Nc1ccccn1)c1ccc(OCc2ccccc2)nc1. The van der Waals surface area contributed by atoms with Crippen molar-refractivity contribution in [2.24, 2.45) is 16.7 Å². The molecule has 6 N–H and O–H groups in total. The lowest BCUT2D eigenvalue weighted by Crippen LogP contribution is -2.40. The van der Waals surface area contributed by atoms with Gasteiger partial charge < -0.3 is 60.3 Å². The number of amides is 6. The second-order valence-corrected chi connectivity index (χ2v) is 35.5. The number of carbonyl (C=O) groups excluding carboxylic acids is 6. The fourth-order valence-electron chi connectivity index (χ4n) is 12.2. The Hall–Kier alpha value is -16.0. The maximum absolute atomic E-state index is 13.1. The predicted octanol–water partition coefficient (Wildman–Crippen LogP) is 21.2. The summed E-state index contributed by atoms with van der Waals surface area (Å²) in [6, 6.07) is 79.0. The Morgan fingerprint density at radius 1 is 0.341 bits per heavy atom. The van der Waals surface area contributed by atoms with Crippen molar-refractivity contribution in [3.05, 3.63) is 406 Å². The van der Waals surface area contributed by atoms with E-state index in [-0.39, 0.29) is 76.7 Å². The monoisotopic (exact) mass is 1860 g/mol. The molecule has 0 aliphatic heterocycles. The number of benzene rings is 6. The third-order valence-electron chi connectivity index (χ3n) is 19.9. The van der Waals surface area contributed by atoms with Gasteiger partial charge in [0.15, 0.2) is 0 Å². The Kier molecular flexibility index (Phi) is 40.6. The van der Waals surface area contributed by atoms with Crippen LogP contribution in [0.15, 0.2) is 316 Å². The van der Waals surface area contributed by atoms with Crippen LogP contribution < -0.4 is 60.3 Å². The molecule has 0 atom stereocenters. The molecule has 1 saturated carbocycles. The van der Waals surface area contributed by atoms with E-state index in [0.29, 0.717) is 131 Å². The quantitative estimate of drug-likeness (QED) is 0.0228. The molecule has 8 heterocycles. The van der Waals surface area contributed by atoms with Crippen molar-refractivity contribution in [2.45, 2.75) is 147 Å². The molecule has 6 aromatic carbocycles. The molecular formula is C110H118F2N14O12. The lowest BCUT2D eigenvalue weighted by atomic mass is 9.92. The highest BCUT2D eigenvalue weighted by Gasteiger charge is 2.23. The summed E-state index contributed by atoms with van der Waals surface area (Å²) in [4.78, 5) is 105. The van der Waals surface area contributed by atoms with E-state index < -0.39 is 0 Å². The number of aromatic nitrogens is 8. The molecular weight excluding hydrogens is 1750 g/mol. The van der Waals surface area contributed by atoms with Crippen molar-refractivity contribution in [3.63, 3.8) is 0 Å². The average molecular weight is 1870 g/mol. The standard InChI is InChI=1S/C20H17FN2O2.C20H26N2O2.C18H15N3O2.C18H23N3O2.C17H19FN2O2.C17H18N2O2/c1-14-4-2-7-18(10-14)23-20(24)16-8-9-19(22-12-16)25-13-15-5-3-6-17(21)11-15;1-15-17(19(23)21-13-12-20(2,3)4)10-11-18(22-15)24-14-16-8-6-5-7-9-16;22-18(21-16-8-4-5-11-19-16)15-9-10-17(20-12-15)23-13-14-6-2-1-3-7-14;1-18(2,3)8-11-20-17(22)15-4-5-16(21-12-15)23-13-14-6-9-19-10-7-14;1-17(2,3)20-16(21)13-7-8-15(19-10-13)22-11-12-5-4-6-14(18)9-12;20-17(19-10-13-6-7-13)15-8-9-16(18-11-15)21-12-14-4-2-1-3-5-14/h2-12H,13H2,1H3,(H,23,24);5-11H,12-14H2,1-4H3,(H,21,23);1-12H,13H2,(H,19,21,22);4-7,9-10,12H,8,11,13H2,1-3H3,(H,20,22);4-10H,11H2,1-3H3,(H,20,21);1-5,8-9,11,13H,6-7,10,12H2,(H,19,20). The van der Waals surface area contributed by atoms with Crippen LogP contribution >= 0.6 is 0 Å². The lowest BCUT2D eigenvalue weighted by molar-refractivity contribution is 0.0914. The van der Waals surface area contributed by atoms with Crippen LogP contribution in [0, 0.1) is 42.2 Å². The molecule has 0 saturated heterocycles. The van der Waals surface area contributed by atoms with Gasteiger partial charge in [-0.2, -0.15) is 0 Å². The molecule has 1 aliphatic carbocycles. The number of aryl methyl sites for hydroxylation is 2. The highest BCUT2D eigenvalue weighted by atomic mass is 19.1. The summed E-state index contributed by atoms with van der Waals surface area (Å²) in [7, 11) is 0. The first-order valence-corrected chi connectivity index (χ1v) is 45.2. The summed E-state index contributed by atoms with van der Waals surface area (Å²) in [6.45, 7) is 26.8. The molecule has 0 radical (unpaired) electrons. The smallest absolute Gasteiger partial charge is 0.258 e. The molecule has 1 fully saturated rings. The van der Waals surface area contributed by atoms with Gasteiger partial charge in [-0.3, -0.25) is 33.8 Å². The van der Waals surface area contributed by atoms with Gasteiger partial charge in [0, 0.05) is 117 Å². The van der Waals surface area contributed by atoms with Crippen LogP contribution in [0.4, 0.5) is 20.3 Å². The van der Waals surface area contributed by atoms with Crippen LogP contribution in [0.5, 0.6) is 35.3 Å². The number of ether oxygens (including phenoxy) is 6. The van der Waals surface area contributed by atoms with Crippen LogP contribution in [0.2, 0.25) is 0 Å². The van der Waals surface area contributed by atoms with E-state index in [1.165, 1.54) is 61.9 Å². The second kappa shape index (κ2) is 53.8. The first kappa shape index (κ1) is 104. The van der Waals surface area contributed by atoms with Crippen LogP contribution in [-0.2, 0) is 39.6 Å². The van der Waals surface area contributed by atoms with Crippen LogP contribution in [0.3, 0.4) is 0 Å². The number of nitrogens with one attached hydrogen (secondary N) is 6. The summed E-state index contributed by atoms with van der Waals surface area (Å²) in [5, 5.41) is 17.2. The molecule has 6 amide bonds. The van der Waals surface area contributed by atoms with Crippen molar-refractivity contribution in [1.29, 1.82) is 0 Å². The molecule has 28 heteroatoms. The molecule has 1 aliphatic rings. The van der Waals surface area contributed by atoms with E-state index in [1.807, 2.05) is 162 Å². The van der Waals surface area contributed by atoms with Crippen molar-refractivity contribution >= 4 is 46.9 Å². The molecule has 0 bridgehead atoms. The van der Waals surface area contributed by atoms with Gasteiger partial charge in [-0.25, -0.2) is 43.7 Å². The van der Waals surface area contributed by atoms with Gasteiger partial charge in [0.05, 0.1) is 39.1 Å². The topological polar surface area (TPSA) is 333 Å². The largest absolute Gasteiger partial charge is 0.473 e. The molecule has 14 aromatic rings. The average Bonchev–Trinajstić information content (AvgIpc) is 0.926. The first-order chi connectivity index (χ1) is 66.3. The highest BCUT2D eigenvalue weighted by molar-refractivity contribution is 6.04. The second-order valence-electron chi connectivity index (χ2n) is 35.5. The van der Waals surface area contributed by atoms with Gasteiger partial charge in [-0.1, -0.05) is 175 Å². The molecule has 138 heavy (non-hydrogen) atoms. The Morgan fingerprint density at radius 2 is 0.710 bits per heavy atom. The maximum Gasteiger partial charge on any atom is 0.258 e. The summed E-state index contributed by atoms with van der Waals surface area (Å²) < 4.78 is 59.6. The van der Waals surface area contributed by atoms with E-state index >= 15 is 0 Å². The van der Waals surface area contributed by atoms with E-state index in [0.717, 1.165) is 58.5 Å². The Balaban J connectivity index is 0.000000171. The normalized spacial score (nSPS) is 11.2. The predicted molar refractivity (Wildman–Crippen MR) is 529 cm³/mol. The number of hydrogen-bond donors (Lipinski definition) is 6. The number of rotatable bonds is 32. The summed E-state index contributed by atoms with van der Waals surface area (Å²) in [5.41, 5.74) is 11.3. The zero-order chi connectivity index (χ0) is 98.5. The Bertz CT molecular complexity index is 6110. The van der Waals surface area contributed by atoms with Gasteiger partial charge >= 0.3 is 0 Å². The van der Waals surface area contributed by atoms with Crippen LogP contribution in [0.1, 0.15) is 195 Å². The Morgan fingerprint density at radius 3 is 1.09 bits per heavy atom. The number of carbonyl (C=O) groups is 6. The summed E-state index contributed by atoms with van der Waals surface area (Å²) in [6.07, 6.45) is 16.9. The molecule has 26 nitrogen and oxygen atoms in total. The van der Waals surface area contributed by atoms with Gasteiger partial charge in [0.2, 0.25) is 35.3 Å². The highest BCUT2D eigenvalue weighted by Crippen LogP contribution is 2.28. The van der Waals surface area contributed by atoms with E-state index in [4.69, 9.17) is 28.4 Å². The van der Waals surface area contributed by atoms with Crippen molar-refractivity contribution in [3.8, 4) is 35.3 Å². The van der Waals surface area contributed by atoms with Gasteiger partial charge in [0.1, 0.15) is 57.1 Å². The third-order valence-corrected chi connectivity index (χ3v) is 19.9. The van der Waals surface area contributed by atoms with Gasteiger partial charge in [-0.05, 0) is 213 Å². The van der Waals surface area contributed by atoms with E-state index in [9.17, 15) is 37.5 Å². The number of nitrogens with zero attached hydrogens (tertiary/aromatic N) is 8. The third kappa shape index (κ3) is 40.0. The van der Waals surface area contributed by atoms with Crippen molar-refractivity contribution in [2.75, 3.05) is 30.3 Å². The summed E-state index contributed by atoms with van der Waals surface area (Å²) in [5.74, 6) is 2.41. The molecule has 15 rings (SSSR count). The van der Waals surface area contributed by atoms with Crippen LogP contribution in [0.25, 0.3) is 0 Å². The van der Waals surface area contributed by atoms with Gasteiger partial charge in [-0.15, -0.1) is 0 Å². The fourth-order valence-corrected chi connectivity index (χ4v) is 12.2. The fraction of sp³-hybridized carbons (Fsp3) is 0.255. The van der Waals surface area contributed by atoms with E-state index in [2.05, 4.69) is 113 Å². The zero-order valence-electron chi connectivity index (χ0n) is 79.5. The molecule has 0 spiro atoms. The van der Waals surface area contributed by atoms with Crippen LogP contribution in [-0.4, -0.2) is 100 Å². The number of anilines is 2. The lowest BCUT2D eigenvalue weighted by Gasteiger charge is -2.20. The molecule has 714 valence electrons. The zero-order valence-corrected chi connectivity index (χ0v) is 79.5.